The Balaban J connectivity index is 2.12. The van der Waals surface area contributed by atoms with Crippen LogP contribution in [0.5, 0.6) is 0 Å². The van der Waals surface area contributed by atoms with Gasteiger partial charge in [0.1, 0.15) is 12.4 Å². The van der Waals surface area contributed by atoms with Gasteiger partial charge < -0.3 is 10.2 Å². The highest BCUT2D eigenvalue weighted by Crippen LogP contribution is 2.36. The second-order valence-electron chi connectivity index (χ2n) is 5.52. The van der Waals surface area contributed by atoms with Gasteiger partial charge in [0.2, 0.25) is 11.8 Å². The summed E-state index contributed by atoms with van der Waals surface area (Å²) in [5.74, 6) is -1.76. The summed E-state index contributed by atoms with van der Waals surface area (Å²) in [6.45, 7) is 0.579. The van der Waals surface area contributed by atoms with E-state index in [0.717, 1.165) is 24.0 Å². The third-order valence-corrected chi connectivity index (χ3v) is 3.59. The molecule has 0 saturated heterocycles. The second-order valence-corrected chi connectivity index (χ2v) is 5.52. The van der Waals surface area contributed by atoms with E-state index in [9.17, 15) is 27.2 Å². The zero-order valence-corrected chi connectivity index (χ0v) is 13.8. The molecule has 0 bridgehead atoms. The van der Waals surface area contributed by atoms with Gasteiger partial charge in [-0.15, -0.1) is 0 Å². The molecule has 2 amide bonds. The maximum absolute atomic E-state index is 13.1. The number of amides is 2. The number of rotatable bonds is 5. The number of benzene rings is 2. The molecule has 0 radical (unpaired) electrons. The molecule has 2 rings (SSSR count). The van der Waals surface area contributed by atoms with E-state index in [2.05, 4.69) is 5.32 Å². The van der Waals surface area contributed by atoms with Crippen molar-refractivity contribution in [2.75, 3.05) is 11.4 Å². The Morgan fingerprint density at radius 3 is 2.23 bits per heavy atom. The van der Waals surface area contributed by atoms with Crippen molar-refractivity contribution in [1.29, 1.82) is 0 Å². The van der Waals surface area contributed by atoms with Gasteiger partial charge in [-0.3, -0.25) is 9.59 Å². The molecular weight excluding hydrogens is 352 g/mol. The molecule has 2 aromatic rings. The van der Waals surface area contributed by atoms with Gasteiger partial charge in [-0.2, -0.15) is 13.2 Å². The van der Waals surface area contributed by atoms with E-state index in [1.54, 1.807) is 0 Å². The summed E-state index contributed by atoms with van der Waals surface area (Å²) in [5, 5.41) is 2.50. The van der Waals surface area contributed by atoms with Gasteiger partial charge in [0.05, 0.1) is 11.3 Å². The molecule has 0 atom stereocenters. The fourth-order valence-electron chi connectivity index (χ4n) is 2.32. The van der Waals surface area contributed by atoms with Crippen LogP contribution < -0.4 is 10.2 Å². The average molecular weight is 368 g/mol. The van der Waals surface area contributed by atoms with Gasteiger partial charge in [-0.05, 0) is 29.8 Å². The first-order valence-electron chi connectivity index (χ1n) is 7.64. The molecule has 26 heavy (non-hydrogen) atoms. The fraction of sp³-hybridized carbons (Fsp3) is 0.222. The Labute approximate surface area is 147 Å². The van der Waals surface area contributed by atoms with E-state index in [1.165, 1.54) is 36.4 Å². The van der Waals surface area contributed by atoms with E-state index in [4.69, 9.17) is 0 Å². The van der Waals surface area contributed by atoms with Crippen LogP contribution in [0, 0.1) is 5.82 Å². The van der Waals surface area contributed by atoms with Gasteiger partial charge >= 0.3 is 6.18 Å². The molecule has 0 aliphatic rings. The number of carbonyl (C=O) groups excluding carboxylic acids is 2. The van der Waals surface area contributed by atoms with Crippen LogP contribution in [0.2, 0.25) is 0 Å². The van der Waals surface area contributed by atoms with Gasteiger partial charge in [0.25, 0.3) is 0 Å². The van der Waals surface area contributed by atoms with E-state index in [1.807, 2.05) is 0 Å². The highest BCUT2D eigenvalue weighted by atomic mass is 19.4. The summed E-state index contributed by atoms with van der Waals surface area (Å²) in [4.78, 5) is 24.6. The highest BCUT2D eigenvalue weighted by Gasteiger charge is 2.35. The monoisotopic (exact) mass is 368 g/mol. The van der Waals surface area contributed by atoms with Crippen LogP contribution in [0.15, 0.2) is 48.5 Å². The highest BCUT2D eigenvalue weighted by molar-refractivity contribution is 5.98. The van der Waals surface area contributed by atoms with Crippen LogP contribution in [0.25, 0.3) is 0 Å². The van der Waals surface area contributed by atoms with Crippen LogP contribution in [-0.2, 0) is 22.3 Å². The van der Waals surface area contributed by atoms with Crippen LogP contribution in [0.4, 0.5) is 23.2 Å². The maximum atomic E-state index is 13.1. The number of nitrogens with one attached hydrogen (secondary N) is 1. The van der Waals surface area contributed by atoms with Crippen molar-refractivity contribution in [2.45, 2.75) is 19.6 Å². The summed E-state index contributed by atoms with van der Waals surface area (Å²) < 4.78 is 52.3. The summed E-state index contributed by atoms with van der Waals surface area (Å²) in [5.41, 5.74) is -0.768. The lowest BCUT2D eigenvalue weighted by atomic mass is 10.1. The predicted octanol–water partition coefficient (Wildman–Crippen LogP) is 3.51. The lowest BCUT2D eigenvalue weighted by molar-refractivity contribution is -0.137. The molecule has 0 aliphatic carbocycles. The largest absolute Gasteiger partial charge is 0.418 e. The molecule has 0 aromatic heterocycles. The minimum absolute atomic E-state index is 0.0613. The summed E-state index contributed by atoms with van der Waals surface area (Å²) >= 11 is 0. The van der Waals surface area contributed by atoms with Crippen LogP contribution in [0.3, 0.4) is 0 Å². The molecule has 4 nitrogen and oxygen atoms in total. The van der Waals surface area contributed by atoms with Crippen molar-refractivity contribution in [3.05, 3.63) is 65.5 Å². The molecule has 2 aromatic carbocycles. The Kier molecular flexibility index (Phi) is 5.97. The second kappa shape index (κ2) is 7.99. The number of alkyl halides is 3. The van der Waals surface area contributed by atoms with Crippen molar-refractivity contribution >= 4 is 17.5 Å². The lowest BCUT2D eigenvalue weighted by Crippen LogP contribution is -2.40. The van der Waals surface area contributed by atoms with E-state index in [-0.39, 0.29) is 12.2 Å². The lowest BCUT2D eigenvalue weighted by Gasteiger charge is -2.24. The number of para-hydroxylation sites is 1. The number of hydrogen-bond acceptors (Lipinski definition) is 2. The summed E-state index contributed by atoms with van der Waals surface area (Å²) in [6.07, 6.45) is -4.66. The molecule has 138 valence electrons. The fourth-order valence-corrected chi connectivity index (χ4v) is 2.32. The number of carbonyl (C=O) groups is 2. The average Bonchev–Trinajstić information content (AvgIpc) is 2.58. The van der Waals surface area contributed by atoms with Crippen LogP contribution in [-0.4, -0.2) is 18.4 Å². The molecule has 0 unspecified atom stereocenters. The molecule has 1 N–H and O–H groups in total. The van der Waals surface area contributed by atoms with Gasteiger partial charge in [0, 0.05) is 13.5 Å². The zero-order valence-electron chi connectivity index (χ0n) is 13.8. The summed E-state index contributed by atoms with van der Waals surface area (Å²) in [6, 6.07) is 9.94. The number of hydrogen-bond donors (Lipinski definition) is 1. The summed E-state index contributed by atoms with van der Waals surface area (Å²) in [7, 11) is 0. The topological polar surface area (TPSA) is 49.4 Å². The van der Waals surface area contributed by atoms with Gasteiger partial charge in [0.15, 0.2) is 0 Å². The third-order valence-electron chi connectivity index (χ3n) is 3.59. The Hall–Kier alpha value is -2.90. The number of halogens is 4. The zero-order chi connectivity index (χ0) is 19.3. The van der Waals surface area contributed by atoms with Gasteiger partial charge in [-0.25, -0.2) is 4.39 Å². The first-order chi connectivity index (χ1) is 12.2. The van der Waals surface area contributed by atoms with E-state index in [0.29, 0.717) is 5.56 Å². The molecule has 0 spiro atoms. The van der Waals surface area contributed by atoms with Crippen molar-refractivity contribution in [2.24, 2.45) is 0 Å². The van der Waals surface area contributed by atoms with Crippen molar-refractivity contribution in [3.8, 4) is 0 Å². The minimum atomic E-state index is -4.66. The Morgan fingerprint density at radius 2 is 1.65 bits per heavy atom. The van der Waals surface area contributed by atoms with Crippen molar-refractivity contribution in [1.82, 2.24) is 5.32 Å². The van der Waals surface area contributed by atoms with E-state index < -0.39 is 35.9 Å². The minimum Gasteiger partial charge on any atom is -0.350 e. The Bertz CT molecular complexity index is 789. The number of anilines is 1. The molecule has 0 heterocycles. The third kappa shape index (κ3) is 5.05. The van der Waals surface area contributed by atoms with Crippen LogP contribution >= 0.6 is 0 Å². The molecule has 8 heteroatoms. The first-order valence-corrected chi connectivity index (χ1v) is 7.64. The van der Waals surface area contributed by atoms with Crippen molar-refractivity contribution < 1.29 is 27.2 Å². The normalized spacial score (nSPS) is 11.1. The van der Waals surface area contributed by atoms with Gasteiger partial charge in [-0.1, -0.05) is 24.3 Å². The maximum Gasteiger partial charge on any atom is 0.418 e. The SMILES string of the molecule is CC(=O)N(CC(=O)NCc1ccc(F)cc1)c1ccccc1C(F)(F)F. The smallest absolute Gasteiger partial charge is 0.350 e. The molecule has 0 saturated carbocycles. The molecule has 0 fully saturated rings. The molecule has 0 aliphatic heterocycles. The quantitative estimate of drug-likeness (QED) is 0.821. The predicted molar refractivity (Wildman–Crippen MR) is 87.7 cm³/mol. The van der Waals surface area contributed by atoms with Crippen LogP contribution in [0.1, 0.15) is 18.1 Å². The standard InChI is InChI=1S/C18H16F4N2O2/c1-12(25)24(16-5-3-2-4-15(16)18(20,21)22)11-17(26)23-10-13-6-8-14(19)9-7-13/h2-9H,10-11H2,1H3,(H,23,26). The molecular formula is C18H16F4N2O2. The van der Waals surface area contributed by atoms with E-state index >= 15 is 0 Å². The van der Waals surface area contributed by atoms with Crippen molar-refractivity contribution in [3.63, 3.8) is 0 Å². The number of nitrogens with zero attached hydrogens (tertiary/aromatic N) is 1. The Morgan fingerprint density at radius 1 is 1.04 bits per heavy atom. The first kappa shape index (κ1) is 19.4.